The first kappa shape index (κ1) is 9.41. The zero-order valence-electron chi connectivity index (χ0n) is 7.10. The van der Waals surface area contributed by atoms with Crippen LogP contribution in [0.15, 0.2) is 24.4 Å². The van der Waals surface area contributed by atoms with Crippen LogP contribution in [0.25, 0.3) is 6.08 Å². The van der Waals surface area contributed by atoms with Gasteiger partial charge in [0.15, 0.2) is 0 Å². The monoisotopic (exact) mass is 177 g/mol. The fraction of sp³-hybridized carbons (Fsp3) is 0.111. The van der Waals surface area contributed by atoms with E-state index in [1.807, 2.05) is 12.1 Å². The average molecular weight is 177 g/mol. The van der Waals surface area contributed by atoms with Crippen molar-refractivity contribution in [2.24, 2.45) is 5.84 Å². The summed E-state index contributed by atoms with van der Waals surface area (Å²) >= 11 is 0. The predicted molar refractivity (Wildman–Crippen MR) is 51.8 cm³/mol. The molecule has 0 aromatic carbocycles. The van der Waals surface area contributed by atoms with Crippen LogP contribution in [0.3, 0.4) is 0 Å². The minimum atomic E-state index is 0.427. The van der Waals surface area contributed by atoms with Crippen LogP contribution in [0, 0.1) is 0 Å². The summed E-state index contributed by atoms with van der Waals surface area (Å²) in [5, 5.41) is 0. The van der Waals surface area contributed by atoms with Crippen LogP contribution >= 0.6 is 0 Å². The Morgan fingerprint density at radius 2 is 2.38 bits per heavy atom. The molecule has 0 aliphatic carbocycles. The van der Waals surface area contributed by atoms with Crippen molar-refractivity contribution < 1.29 is 4.79 Å². The third-order valence-corrected chi connectivity index (χ3v) is 1.48. The van der Waals surface area contributed by atoms with Gasteiger partial charge in [0.25, 0.3) is 0 Å². The van der Waals surface area contributed by atoms with Crippen LogP contribution < -0.4 is 11.3 Å². The summed E-state index contributed by atoms with van der Waals surface area (Å²) in [5.74, 6) is 5.76. The highest BCUT2D eigenvalue weighted by Gasteiger charge is 1.89. The van der Waals surface area contributed by atoms with E-state index in [2.05, 4.69) is 10.4 Å². The molecule has 3 N–H and O–H groups in total. The number of hydrogen-bond donors (Lipinski definition) is 2. The smallest absolute Gasteiger partial charge is 0.139 e. The largest absolute Gasteiger partial charge is 0.308 e. The SMILES string of the molecule is NNc1ccc(C=CCC=O)cn1. The number of nitrogens with two attached hydrogens (primary N) is 1. The van der Waals surface area contributed by atoms with Crippen molar-refractivity contribution in [3.63, 3.8) is 0 Å². The molecule has 0 saturated heterocycles. The number of carbonyl (C=O) groups is 1. The summed E-state index contributed by atoms with van der Waals surface area (Å²) in [6, 6.07) is 3.63. The van der Waals surface area contributed by atoms with Crippen LogP contribution in [0.4, 0.5) is 5.82 Å². The van der Waals surface area contributed by atoms with Gasteiger partial charge in [-0.1, -0.05) is 12.2 Å². The topological polar surface area (TPSA) is 68.0 Å². The second kappa shape index (κ2) is 5.05. The van der Waals surface area contributed by atoms with E-state index < -0.39 is 0 Å². The van der Waals surface area contributed by atoms with E-state index in [1.165, 1.54) is 0 Å². The lowest BCUT2D eigenvalue weighted by Crippen LogP contribution is -2.07. The van der Waals surface area contributed by atoms with Crippen molar-refractivity contribution >= 4 is 18.2 Å². The van der Waals surface area contributed by atoms with Crippen molar-refractivity contribution in [1.82, 2.24) is 4.98 Å². The molecule has 1 rings (SSSR count). The molecule has 1 aromatic heterocycles. The normalized spacial score (nSPS) is 10.2. The van der Waals surface area contributed by atoms with Gasteiger partial charge in [0.05, 0.1) is 0 Å². The van der Waals surface area contributed by atoms with E-state index in [0.717, 1.165) is 11.8 Å². The Balaban J connectivity index is 2.63. The Morgan fingerprint density at radius 3 is 2.92 bits per heavy atom. The highest BCUT2D eigenvalue weighted by molar-refractivity contribution is 5.58. The molecule has 0 bridgehead atoms. The first-order valence-electron chi connectivity index (χ1n) is 3.89. The first-order chi connectivity index (χ1) is 6.36. The van der Waals surface area contributed by atoms with Crippen LogP contribution in [0.1, 0.15) is 12.0 Å². The Bertz CT molecular complexity index is 292. The molecule has 0 atom stereocenters. The van der Waals surface area contributed by atoms with E-state index in [0.29, 0.717) is 12.2 Å². The van der Waals surface area contributed by atoms with Crippen molar-refractivity contribution in [3.05, 3.63) is 30.0 Å². The lowest BCUT2D eigenvalue weighted by Gasteiger charge is -1.97. The summed E-state index contributed by atoms with van der Waals surface area (Å²) < 4.78 is 0. The maximum Gasteiger partial charge on any atom is 0.139 e. The van der Waals surface area contributed by atoms with Gasteiger partial charge in [-0.05, 0) is 17.7 Å². The van der Waals surface area contributed by atoms with E-state index in [9.17, 15) is 4.79 Å². The molecule has 4 nitrogen and oxygen atoms in total. The molecule has 13 heavy (non-hydrogen) atoms. The number of nitrogens with one attached hydrogen (secondary N) is 1. The molecule has 68 valence electrons. The molecule has 0 spiro atoms. The van der Waals surface area contributed by atoms with E-state index in [-0.39, 0.29) is 0 Å². The fourth-order valence-electron chi connectivity index (χ4n) is 0.849. The number of nitrogen functional groups attached to an aromatic ring is 1. The minimum Gasteiger partial charge on any atom is -0.308 e. The zero-order chi connectivity index (χ0) is 9.52. The Kier molecular flexibility index (Phi) is 3.66. The molecule has 1 aromatic rings. The fourth-order valence-corrected chi connectivity index (χ4v) is 0.849. The number of hydrazine groups is 1. The highest BCUT2D eigenvalue weighted by atomic mass is 16.1. The standard InChI is InChI=1S/C9H11N3O/c10-12-9-5-4-8(7-11-9)3-1-2-6-13/h1,3-7H,2,10H2,(H,11,12). The van der Waals surface area contributed by atoms with Gasteiger partial charge in [0.1, 0.15) is 12.1 Å². The minimum absolute atomic E-state index is 0.427. The summed E-state index contributed by atoms with van der Waals surface area (Å²) in [4.78, 5) is 14.0. The van der Waals surface area contributed by atoms with Crippen molar-refractivity contribution in [1.29, 1.82) is 0 Å². The van der Waals surface area contributed by atoms with Gasteiger partial charge in [0.2, 0.25) is 0 Å². The van der Waals surface area contributed by atoms with E-state index in [1.54, 1.807) is 18.3 Å². The Hall–Kier alpha value is -1.68. The number of pyridine rings is 1. The molecule has 4 heteroatoms. The van der Waals surface area contributed by atoms with Gasteiger partial charge in [-0.2, -0.15) is 0 Å². The quantitative estimate of drug-likeness (QED) is 0.408. The van der Waals surface area contributed by atoms with E-state index >= 15 is 0 Å². The molecule has 1 heterocycles. The molecule has 0 unspecified atom stereocenters. The van der Waals surface area contributed by atoms with Crippen LogP contribution in [0.5, 0.6) is 0 Å². The molecule has 0 amide bonds. The number of hydrogen-bond acceptors (Lipinski definition) is 4. The molecule has 0 radical (unpaired) electrons. The first-order valence-corrected chi connectivity index (χ1v) is 3.89. The summed E-state index contributed by atoms with van der Waals surface area (Å²) in [7, 11) is 0. The van der Waals surface area contributed by atoms with Gasteiger partial charge in [0, 0.05) is 12.6 Å². The maximum atomic E-state index is 10.0. The molecular formula is C9H11N3O. The van der Waals surface area contributed by atoms with Gasteiger partial charge in [-0.25, -0.2) is 10.8 Å². The van der Waals surface area contributed by atoms with Crippen LogP contribution in [-0.4, -0.2) is 11.3 Å². The van der Waals surface area contributed by atoms with Crippen molar-refractivity contribution in [2.45, 2.75) is 6.42 Å². The Morgan fingerprint density at radius 1 is 1.54 bits per heavy atom. The van der Waals surface area contributed by atoms with Crippen molar-refractivity contribution in [2.75, 3.05) is 5.43 Å². The van der Waals surface area contributed by atoms with Crippen LogP contribution in [0.2, 0.25) is 0 Å². The lowest BCUT2D eigenvalue weighted by atomic mass is 10.2. The number of aromatic nitrogens is 1. The molecule has 0 aliphatic rings. The third-order valence-electron chi connectivity index (χ3n) is 1.48. The van der Waals surface area contributed by atoms with Crippen molar-refractivity contribution in [3.8, 4) is 0 Å². The zero-order valence-corrected chi connectivity index (χ0v) is 7.10. The van der Waals surface area contributed by atoms with Crippen LogP contribution in [-0.2, 0) is 4.79 Å². The maximum absolute atomic E-state index is 10.0. The third kappa shape index (κ3) is 3.04. The van der Waals surface area contributed by atoms with Gasteiger partial charge in [-0.15, -0.1) is 0 Å². The van der Waals surface area contributed by atoms with E-state index in [4.69, 9.17) is 5.84 Å². The summed E-state index contributed by atoms with van der Waals surface area (Å²) in [6.45, 7) is 0. The second-order valence-corrected chi connectivity index (χ2v) is 2.43. The summed E-state index contributed by atoms with van der Waals surface area (Å²) in [6.07, 6.45) is 6.56. The number of allylic oxidation sites excluding steroid dienone is 1. The highest BCUT2D eigenvalue weighted by Crippen LogP contribution is 2.05. The molecule has 0 saturated carbocycles. The second-order valence-electron chi connectivity index (χ2n) is 2.43. The molecule has 0 aliphatic heterocycles. The number of carbonyl (C=O) groups excluding carboxylic acids is 1. The summed E-state index contributed by atoms with van der Waals surface area (Å²) in [5.41, 5.74) is 3.38. The number of nitrogens with zero attached hydrogens (tertiary/aromatic N) is 1. The molecule has 0 fully saturated rings. The average Bonchev–Trinajstić information content (AvgIpc) is 2.19. The number of rotatable bonds is 4. The lowest BCUT2D eigenvalue weighted by molar-refractivity contribution is -0.107. The predicted octanol–water partition coefficient (Wildman–Crippen LogP) is 0.969. The van der Waals surface area contributed by atoms with Gasteiger partial charge >= 0.3 is 0 Å². The Labute approximate surface area is 76.4 Å². The van der Waals surface area contributed by atoms with Gasteiger partial charge < -0.3 is 10.2 Å². The van der Waals surface area contributed by atoms with Gasteiger partial charge in [-0.3, -0.25) is 0 Å². The number of anilines is 1. The molecular weight excluding hydrogens is 166 g/mol. The number of aldehydes is 1.